The zero-order valence-corrected chi connectivity index (χ0v) is 5.96. The van der Waals surface area contributed by atoms with Crippen LogP contribution in [-0.2, 0) is 9.63 Å². The predicted molar refractivity (Wildman–Crippen MR) is 38.0 cm³/mol. The van der Waals surface area contributed by atoms with Gasteiger partial charge in [-0.1, -0.05) is 6.08 Å². The highest BCUT2D eigenvalue weighted by Gasteiger charge is 1.89. The summed E-state index contributed by atoms with van der Waals surface area (Å²) in [5.41, 5.74) is 7.28. The van der Waals surface area contributed by atoms with Gasteiger partial charge in [-0.25, -0.2) is 5.48 Å². The number of hydrogen-bond acceptors (Lipinski definition) is 3. The number of rotatable bonds is 4. The van der Waals surface area contributed by atoms with E-state index in [1.165, 1.54) is 6.08 Å². The maximum atomic E-state index is 10.6. The van der Waals surface area contributed by atoms with Gasteiger partial charge in [0, 0.05) is 12.6 Å². The number of nitrogens with one attached hydrogen (secondary N) is 1. The van der Waals surface area contributed by atoms with E-state index < -0.39 is 0 Å². The minimum atomic E-state index is -0.285. The van der Waals surface area contributed by atoms with Crippen LogP contribution in [0.15, 0.2) is 12.2 Å². The molecule has 0 aromatic heterocycles. The van der Waals surface area contributed by atoms with Gasteiger partial charge in [0.25, 0.3) is 5.91 Å². The molecule has 0 saturated heterocycles. The third-order valence-corrected chi connectivity index (χ3v) is 0.722. The first-order valence-electron chi connectivity index (χ1n) is 3.09. The fraction of sp³-hybridized carbons (Fsp3) is 0.500. The van der Waals surface area contributed by atoms with Gasteiger partial charge in [0.1, 0.15) is 0 Å². The molecule has 1 amide bonds. The average molecular weight is 144 g/mol. The molecule has 0 bridgehead atoms. The topological polar surface area (TPSA) is 64.3 Å². The molecule has 0 aromatic rings. The van der Waals surface area contributed by atoms with Crippen LogP contribution in [0.25, 0.3) is 0 Å². The van der Waals surface area contributed by atoms with E-state index in [0.717, 1.165) is 0 Å². The SMILES string of the molecule is CCONC(=O)/C=C/CN. The first-order valence-corrected chi connectivity index (χ1v) is 3.09. The molecule has 0 unspecified atom stereocenters. The van der Waals surface area contributed by atoms with Crippen LogP contribution in [0.1, 0.15) is 6.92 Å². The molecule has 0 heterocycles. The van der Waals surface area contributed by atoms with Crippen molar-refractivity contribution in [3.05, 3.63) is 12.2 Å². The van der Waals surface area contributed by atoms with Gasteiger partial charge < -0.3 is 5.73 Å². The second kappa shape index (κ2) is 6.25. The maximum absolute atomic E-state index is 10.6. The minimum Gasteiger partial charge on any atom is -0.327 e. The number of amides is 1. The first kappa shape index (κ1) is 9.13. The Morgan fingerprint density at radius 1 is 1.80 bits per heavy atom. The Balaban J connectivity index is 3.34. The molecular formula is C6H12N2O2. The van der Waals surface area contributed by atoms with E-state index in [-0.39, 0.29) is 5.91 Å². The third kappa shape index (κ3) is 5.27. The summed E-state index contributed by atoms with van der Waals surface area (Å²) in [6.45, 7) is 2.61. The Kier molecular flexibility index (Phi) is 5.71. The largest absolute Gasteiger partial charge is 0.327 e. The third-order valence-electron chi connectivity index (χ3n) is 0.722. The van der Waals surface area contributed by atoms with Crippen molar-refractivity contribution in [1.29, 1.82) is 0 Å². The summed E-state index contributed by atoms with van der Waals surface area (Å²) < 4.78 is 0. The monoisotopic (exact) mass is 144 g/mol. The van der Waals surface area contributed by atoms with Crippen molar-refractivity contribution in [3.63, 3.8) is 0 Å². The van der Waals surface area contributed by atoms with Gasteiger partial charge in [0.15, 0.2) is 0 Å². The minimum absolute atomic E-state index is 0.285. The van der Waals surface area contributed by atoms with Crippen LogP contribution in [0, 0.1) is 0 Å². The van der Waals surface area contributed by atoms with Crippen molar-refractivity contribution < 1.29 is 9.63 Å². The van der Waals surface area contributed by atoms with Crippen molar-refractivity contribution in [2.75, 3.05) is 13.2 Å². The summed E-state index contributed by atoms with van der Waals surface area (Å²) in [5.74, 6) is -0.285. The second-order valence-electron chi connectivity index (χ2n) is 1.54. The highest BCUT2D eigenvalue weighted by molar-refractivity contribution is 5.86. The number of carbonyl (C=O) groups is 1. The van der Waals surface area contributed by atoms with E-state index in [1.54, 1.807) is 13.0 Å². The molecule has 0 aromatic carbocycles. The predicted octanol–water partition coefficient (Wildman–Crippen LogP) is -0.431. The average Bonchev–Trinajstić information content (AvgIpc) is 1.97. The zero-order chi connectivity index (χ0) is 7.82. The molecule has 4 nitrogen and oxygen atoms in total. The number of hydrogen-bond donors (Lipinski definition) is 2. The fourth-order valence-corrected chi connectivity index (χ4v) is 0.352. The lowest BCUT2D eigenvalue weighted by Crippen LogP contribution is -2.21. The van der Waals surface area contributed by atoms with Crippen LogP contribution in [0.3, 0.4) is 0 Å². The number of hydroxylamine groups is 1. The molecule has 0 spiro atoms. The number of nitrogens with two attached hydrogens (primary N) is 1. The summed E-state index contributed by atoms with van der Waals surface area (Å²) in [5, 5.41) is 0. The van der Waals surface area contributed by atoms with Gasteiger partial charge in [-0.2, -0.15) is 0 Å². The highest BCUT2D eigenvalue weighted by Crippen LogP contribution is 1.71. The van der Waals surface area contributed by atoms with Gasteiger partial charge in [-0.05, 0) is 6.92 Å². The fourth-order valence-electron chi connectivity index (χ4n) is 0.352. The molecule has 0 fully saturated rings. The molecule has 3 N–H and O–H groups in total. The molecule has 0 aliphatic heterocycles. The van der Waals surface area contributed by atoms with Crippen molar-refractivity contribution in [2.45, 2.75) is 6.92 Å². The lowest BCUT2D eigenvalue weighted by Gasteiger charge is -1.97. The lowest BCUT2D eigenvalue weighted by molar-refractivity contribution is -0.128. The Morgan fingerprint density at radius 2 is 2.50 bits per heavy atom. The van der Waals surface area contributed by atoms with Gasteiger partial charge in [-0.3, -0.25) is 9.63 Å². The van der Waals surface area contributed by atoms with Gasteiger partial charge in [0.2, 0.25) is 0 Å². The van der Waals surface area contributed by atoms with Gasteiger partial charge >= 0.3 is 0 Å². The van der Waals surface area contributed by atoms with Crippen molar-refractivity contribution >= 4 is 5.91 Å². The Labute approximate surface area is 60.0 Å². The summed E-state index contributed by atoms with van der Waals surface area (Å²) in [6.07, 6.45) is 2.88. The van der Waals surface area contributed by atoms with Crippen molar-refractivity contribution in [1.82, 2.24) is 5.48 Å². The second-order valence-corrected chi connectivity index (χ2v) is 1.54. The van der Waals surface area contributed by atoms with Crippen molar-refractivity contribution in [3.8, 4) is 0 Å². The Hall–Kier alpha value is -0.870. The van der Waals surface area contributed by atoms with Gasteiger partial charge in [-0.15, -0.1) is 0 Å². The van der Waals surface area contributed by atoms with E-state index in [2.05, 4.69) is 10.3 Å². The number of carbonyl (C=O) groups excluding carboxylic acids is 1. The van der Waals surface area contributed by atoms with Crippen LogP contribution in [0.4, 0.5) is 0 Å². The Morgan fingerprint density at radius 3 is 3.00 bits per heavy atom. The van der Waals surface area contributed by atoms with E-state index in [1.807, 2.05) is 0 Å². The molecule has 0 aliphatic carbocycles. The lowest BCUT2D eigenvalue weighted by atomic mass is 10.5. The van der Waals surface area contributed by atoms with Crippen LogP contribution in [0.2, 0.25) is 0 Å². The van der Waals surface area contributed by atoms with E-state index >= 15 is 0 Å². The standard InChI is InChI=1S/C6H12N2O2/c1-2-10-8-6(9)4-3-5-7/h3-4H,2,5,7H2,1H3,(H,8,9)/b4-3+. The van der Waals surface area contributed by atoms with Crippen LogP contribution >= 0.6 is 0 Å². The molecular weight excluding hydrogens is 132 g/mol. The zero-order valence-electron chi connectivity index (χ0n) is 5.96. The molecule has 58 valence electrons. The summed E-state index contributed by atoms with van der Waals surface area (Å²) in [6, 6.07) is 0. The van der Waals surface area contributed by atoms with Crippen LogP contribution in [-0.4, -0.2) is 19.1 Å². The Bertz CT molecular complexity index is 123. The van der Waals surface area contributed by atoms with Crippen molar-refractivity contribution in [2.24, 2.45) is 5.73 Å². The van der Waals surface area contributed by atoms with E-state index in [0.29, 0.717) is 13.2 Å². The summed E-state index contributed by atoms with van der Waals surface area (Å²) in [7, 11) is 0. The maximum Gasteiger partial charge on any atom is 0.267 e. The molecule has 0 radical (unpaired) electrons. The highest BCUT2D eigenvalue weighted by atomic mass is 16.6. The van der Waals surface area contributed by atoms with Crippen LogP contribution < -0.4 is 11.2 Å². The molecule has 0 aliphatic rings. The van der Waals surface area contributed by atoms with E-state index in [4.69, 9.17) is 5.73 Å². The van der Waals surface area contributed by atoms with Gasteiger partial charge in [0.05, 0.1) is 6.61 Å². The van der Waals surface area contributed by atoms with E-state index in [9.17, 15) is 4.79 Å². The molecule has 0 atom stereocenters. The molecule has 0 rings (SSSR count). The van der Waals surface area contributed by atoms with Crippen LogP contribution in [0.5, 0.6) is 0 Å². The molecule has 4 heteroatoms. The smallest absolute Gasteiger partial charge is 0.267 e. The summed E-state index contributed by atoms with van der Waals surface area (Å²) in [4.78, 5) is 15.2. The molecule has 0 saturated carbocycles. The normalized spacial score (nSPS) is 10.2. The summed E-state index contributed by atoms with van der Waals surface area (Å²) >= 11 is 0. The quantitative estimate of drug-likeness (QED) is 0.415. The molecule has 10 heavy (non-hydrogen) atoms. The first-order chi connectivity index (χ1) is 4.81.